The molecule has 1 nitrogen and oxygen atoms in total. The summed E-state index contributed by atoms with van der Waals surface area (Å²) in [6, 6.07) is 0. The van der Waals surface area contributed by atoms with Crippen LogP contribution in [-0.2, 0) is 4.74 Å². The molecule has 0 fully saturated rings. The SMILES string of the molecule is CCC(C)(C)COC(C)(C)C1=CCCC1. The van der Waals surface area contributed by atoms with Gasteiger partial charge in [-0.2, -0.15) is 0 Å². The molecule has 0 unspecified atom stereocenters. The van der Waals surface area contributed by atoms with E-state index in [2.05, 4.69) is 40.7 Å². The lowest BCUT2D eigenvalue weighted by Crippen LogP contribution is -2.31. The first-order valence-corrected chi connectivity index (χ1v) is 6.21. The van der Waals surface area contributed by atoms with Gasteiger partial charge in [-0.15, -0.1) is 0 Å². The van der Waals surface area contributed by atoms with E-state index in [0.717, 1.165) is 6.61 Å². The van der Waals surface area contributed by atoms with Crippen molar-refractivity contribution in [1.29, 1.82) is 0 Å². The average molecular weight is 210 g/mol. The van der Waals surface area contributed by atoms with Gasteiger partial charge < -0.3 is 4.74 Å². The van der Waals surface area contributed by atoms with Crippen LogP contribution in [0.1, 0.15) is 60.3 Å². The third-order valence-corrected chi connectivity index (χ3v) is 3.60. The van der Waals surface area contributed by atoms with Gasteiger partial charge in [-0.25, -0.2) is 0 Å². The first kappa shape index (κ1) is 12.8. The Balaban J connectivity index is 2.49. The molecule has 1 aliphatic carbocycles. The lowest BCUT2D eigenvalue weighted by Gasteiger charge is -2.32. The summed E-state index contributed by atoms with van der Waals surface area (Å²) in [5.41, 5.74) is 1.74. The van der Waals surface area contributed by atoms with Gasteiger partial charge in [0.2, 0.25) is 0 Å². The molecule has 1 aliphatic rings. The highest BCUT2D eigenvalue weighted by Gasteiger charge is 2.28. The molecule has 0 saturated heterocycles. The highest BCUT2D eigenvalue weighted by atomic mass is 16.5. The second-order valence-corrected chi connectivity index (χ2v) is 5.94. The number of ether oxygens (including phenoxy) is 1. The predicted molar refractivity (Wildman–Crippen MR) is 66.0 cm³/mol. The van der Waals surface area contributed by atoms with Crippen LogP contribution in [0.4, 0.5) is 0 Å². The lowest BCUT2D eigenvalue weighted by molar-refractivity contribution is -0.0338. The zero-order chi connectivity index (χ0) is 11.5. The van der Waals surface area contributed by atoms with E-state index in [9.17, 15) is 0 Å². The van der Waals surface area contributed by atoms with Gasteiger partial charge in [0, 0.05) is 0 Å². The summed E-state index contributed by atoms with van der Waals surface area (Å²) in [7, 11) is 0. The van der Waals surface area contributed by atoms with Crippen LogP contribution in [0.25, 0.3) is 0 Å². The minimum absolute atomic E-state index is 0.0526. The van der Waals surface area contributed by atoms with Crippen molar-refractivity contribution in [2.24, 2.45) is 5.41 Å². The van der Waals surface area contributed by atoms with Crippen molar-refractivity contribution in [3.05, 3.63) is 11.6 Å². The first-order valence-electron chi connectivity index (χ1n) is 6.21. The maximum absolute atomic E-state index is 6.10. The molecule has 0 aromatic heterocycles. The van der Waals surface area contributed by atoms with Crippen molar-refractivity contribution in [3.63, 3.8) is 0 Å². The predicted octanol–water partition coefficient (Wildman–Crippen LogP) is 4.33. The quantitative estimate of drug-likeness (QED) is 0.614. The minimum atomic E-state index is -0.0526. The molecule has 0 spiro atoms. The largest absolute Gasteiger partial charge is 0.371 e. The Labute approximate surface area is 94.9 Å². The van der Waals surface area contributed by atoms with E-state index in [4.69, 9.17) is 4.74 Å². The second kappa shape index (κ2) is 4.69. The van der Waals surface area contributed by atoms with Crippen molar-refractivity contribution in [1.82, 2.24) is 0 Å². The third-order valence-electron chi connectivity index (χ3n) is 3.60. The molecule has 0 radical (unpaired) electrons. The zero-order valence-electron chi connectivity index (χ0n) is 11.0. The van der Waals surface area contributed by atoms with E-state index in [1.807, 2.05) is 0 Å². The molecule has 0 saturated carbocycles. The molecule has 15 heavy (non-hydrogen) atoms. The van der Waals surface area contributed by atoms with Gasteiger partial charge in [0.05, 0.1) is 12.2 Å². The van der Waals surface area contributed by atoms with Crippen molar-refractivity contribution in [3.8, 4) is 0 Å². The molecule has 1 rings (SSSR count). The van der Waals surface area contributed by atoms with Gasteiger partial charge in [-0.05, 0) is 50.5 Å². The van der Waals surface area contributed by atoms with E-state index < -0.39 is 0 Å². The van der Waals surface area contributed by atoms with Crippen molar-refractivity contribution in [2.45, 2.75) is 65.9 Å². The summed E-state index contributed by atoms with van der Waals surface area (Å²) >= 11 is 0. The molecule has 88 valence electrons. The smallest absolute Gasteiger partial charge is 0.0835 e. The van der Waals surface area contributed by atoms with Gasteiger partial charge in [0.15, 0.2) is 0 Å². The second-order valence-electron chi connectivity index (χ2n) is 5.94. The highest BCUT2D eigenvalue weighted by molar-refractivity contribution is 5.18. The van der Waals surface area contributed by atoms with Crippen LogP contribution >= 0.6 is 0 Å². The molecule has 0 aromatic carbocycles. The number of hydrogen-bond acceptors (Lipinski definition) is 1. The molecular formula is C14H26O. The van der Waals surface area contributed by atoms with Gasteiger partial charge in [-0.1, -0.05) is 26.8 Å². The van der Waals surface area contributed by atoms with E-state index in [1.165, 1.54) is 31.3 Å². The van der Waals surface area contributed by atoms with Crippen LogP contribution in [0.15, 0.2) is 11.6 Å². The van der Waals surface area contributed by atoms with Gasteiger partial charge in [-0.3, -0.25) is 0 Å². The third kappa shape index (κ3) is 3.64. The normalized spacial score (nSPS) is 18.1. The summed E-state index contributed by atoms with van der Waals surface area (Å²) in [5.74, 6) is 0. The van der Waals surface area contributed by atoms with Crippen molar-refractivity contribution < 1.29 is 4.74 Å². The molecule has 0 heterocycles. The lowest BCUT2D eigenvalue weighted by atomic mass is 9.90. The van der Waals surface area contributed by atoms with E-state index in [-0.39, 0.29) is 5.60 Å². The summed E-state index contributed by atoms with van der Waals surface area (Å²) < 4.78 is 6.10. The molecule has 0 amide bonds. The van der Waals surface area contributed by atoms with E-state index in [0.29, 0.717) is 5.41 Å². The Morgan fingerprint density at radius 1 is 1.27 bits per heavy atom. The zero-order valence-corrected chi connectivity index (χ0v) is 11.0. The van der Waals surface area contributed by atoms with Crippen molar-refractivity contribution >= 4 is 0 Å². The monoisotopic (exact) mass is 210 g/mol. The molecule has 0 aromatic rings. The van der Waals surface area contributed by atoms with Crippen LogP contribution in [0, 0.1) is 5.41 Å². The van der Waals surface area contributed by atoms with Crippen LogP contribution in [0.3, 0.4) is 0 Å². The average Bonchev–Trinajstić information content (AvgIpc) is 2.69. The summed E-state index contributed by atoms with van der Waals surface area (Å²) in [4.78, 5) is 0. The Morgan fingerprint density at radius 2 is 1.93 bits per heavy atom. The fourth-order valence-corrected chi connectivity index (χ4v) is 1.79. The summed E-state index contributed by atoms with van der Waals surface area (Å²) in [5, 5.41) is 0. The Kier molecular flexibility index (Phi) is 3.99. The summed E-state index contributed by atoms with van der Waals surface area (Å²) in [6.45, 7) is 12.0. The van der Waals surface area contributed by atoms with Crippen LogP contribution in [-0.4, -0.2) is 12.2 Å². The van der Waals surface area contributed by atoms with Gasteiger partial charge in [0.1, 0.15) is 0 Å². The fraction of sp³-hybridized carbons (Fsp3) is 0.857. The standard InChI is InChI=1S/C14H26O/c1-6-13(2,3)11-15-14(4,5)12-9-7-8-10-12/h9H,6-8,10-11H2,1-5H3. The van der Waals surface area contributed by atoms with Crippen molar-refractivity contribution in [2.75, 3.05) is 6.61 Å². The van der Waals surface area contributed by atoms with Gasteiger partial charge in [0.25, 0.3) is 0 Å². The fourth-order valence-electron chi connectivity index (χ4n) is 1.79. The van der Waals surface area contributed by atoms with Crippen LogP contribution in [0.2, 0.25) is 0 Å². The Hall–Kier alpha value is -0.300. The van der Waals surface area contributed by atoms with E-state index >= 15 is 0 Å². The minimum Gasteiger partial charge on any atom is -0.371 e. The van der Waals surface area contributed by atoms with E-state index in [1.54, 1.807) is 0 Å². The molecule has 0 bridgehead atoms. The first-order chi connectivity index (χ1) is 6.87. The molecule has 0 atom stereocenters. The maximum atomic E-state index is 6.10. The van der Waals surface area contributed by atoms with Crippen LogP contribution in [0.5, 0.6) is 0 Å². The molecule has 0 N–H and O–H groups in total. The van der Waals surface area contributed by atoms with Gasteiger partial charge >= 0.3 is 0 Å². The molecule has 1 heteroatoms. The highest BCUT2D eigenvalue weighted by Crippen LogP contribution is 2.32. The molecule has 0 aliphatic heterocycles. The maximum Gasteiger partial charge on any atom is 0.0835 e. The number of hydrogen-bond donors (Lipinski definition) is 0. The number of rotatable bonds is 5. The Bertz CT molecular complexity index is 236. The Morgan fingerprint density at radius 3 is 2.40 bits per heavy atom. The number of allylic oxidation sites excluding steroid dienone is 1. The van der Waals surface area contributed by atoms with Crippen LogP contribution < -0.4 is 0 Å². The molecular weight excluding hydrogens is 184 g/mol. The topological polar surface area (TPSA) is 9.23 Å². The summed E-state index contributed by atoms with van der Waals surface area (Å²) in [6.07, 6.45) is 7.29.